The number of pyridine rings is 1. The van der Waals surface area contributed by atoms with Gasteiger partial charge in [0, 0.05) is 57.2 Å². The van der Waals surface area contributed by atoms with Gasteiger partial charge in [-0.3, -0.25) is 14.4 Å². The second-order valence-corrected chi connectivity index (χ2v) is 7.93. The molecule has 1 fully saturated rings. The summed E-state index contributed by atoms with van der Waals surface area (Å²) in [6.07, 6.45) is 1.52. The summed E-state index contributed by atoms with van der Waals surface area (Å²) in [5, 5.41) is 4.85. The molecule has 0 atom stereocenters. The number of carbonyl (C=O) groups excluding carboxylic acids is 1. The van der Waals surface area contributed by atoms with Gasteiger partial charge in [-0.25, -0.2) is 4.98 Å². The zero-order valence-electron chi connectivity index (χ0n) is 17.2. The van der Waals surface area contributed by atoms with Crippen molar-refractivity contribution in [3.05, 3.63) is 39.8 Å². The molecule has 2 aromatic rings. The third kappa shape index (κ3) is 4.47. The van der Waals surface area contributed by atoms with Crippen molar-refractivity contribution in [3.8, 4) is 5.88 Å². The van der Waals surface area contributed by atoms with E-state index in [0.29, 0.717) is 29.6 Å². The molecule has 0 bridgehead atoms. The second kappa shape index (κ2) is 8.49. The van der Waals surface area contributed by atoms with Crippen LogP contribution in [0.1, 0.15) is 41.2 Å². The largest absolute Gasteiger partial charge is 0.474 e. The molecule has 3 heterocycles. The van der Waals surface area contributed by atoms with E-state index in [1.807, 2.05) is 37.4 Å². The zero-order chi connectivity index (χ0) is 20.4. The average Bonchev–Trinajstić information content (AvgIpc) is 2.89. The molecule has 1 amide bonds. The number of halogens is 1. The Hall–Kier alpha value is -2.12. The van der Waals surface area contributed by atoms with Crippen molar-refractivity contribution < 1.29 is 9.53 Å². The van der Waals surface area contributed by atoms with Crippen molar-refractivity contribution in [1.29, 1.82) is 0 Å². The first kappa shape index (κ1) is 20.6. The van der Waals surface area contributed by atoms with Crippen molar-refractivity contribution in [2.75, 3.05) is 26.2 Å². The lowest BCUT2D eigenvalue weighted by molar-refractivity contribution is 0.0627. The Bertz CT molecular complexity index is 857. The van der Waals surface area contributed by atoms with Crippen LogP contribution in [-0.4, -0.2) is 62.8 Å². The molecule has 1 saturated heterocycles. The first-order valence-electron chi connectivity index (χ1n) is 9.59. The van der Waals surface area contributed by atoms with Gasteiger partial charge in [-0.1, -0.05) is 11.6 Å². The maximum absolute atomic E-state index is 12.8. The van der Waals surface area contributed by atoms with Crippen molar-refractivity contribution in [3.63, 3.8) is 0 Å². The Morgan fingerprint density at radius 3 is 2.46 bits per heavy atom. The third-order valence-electron chi connectivity index (χ3n) is 5.10. The van der Waals surface area contributed by atoms with Crippen molar-refractivity contribution >= 4 is 17.5 Å². The lowest BCUT2D eigenvalue weighted by atomic mass is 10.1. The number of aryl methyl sites for hydroxylation is 2. The highest BCUT2D eigenvalue weighted by atomic mass is 35.5. The Morgan fingerprint density at radius 2 is 1.93 bits per heavy atom. The van der Waals surface area contributed by atoms with Gasteiger partial charge in [-0.15, -0.1) is 0 Å². The van der Waals surface area contributed by atoms with Crippen LogP contribution >= 0.6 is 11.6 Å². The minimum atomic E-state index is -0.0427. The van der Waals surface area contributed by atoms with Crippen LogP contribution in [-0.2, 0) is 13.6 Å². The number of aromatic nitrogens is 3. The van der Waals surface area contributed by atoms with E-state index in [-0.39, 0.29) is 12.0 Å². The molecule has 0 unspecified atom stereocenters. The fraction of sp³-hybridized carbons (Fsp3) is 0.550. The van der Waals surface area contributed by atoms with E-state index in [9.17, 15) is 4.79 Å². The van der Waals surface area contributed by atoms with Crippen LogP contribution in [0, 0.1) is 13.8 Å². The van der Waals surface area contributed by atoms with Crippen LogP contribution in [0.2, 0.25) is 5.02 Å². The van der Waals surface area contributed by atoms with E-state index < -0.39 is 0 Å². The minimum absolute atomic E-state index is 0.0216. The SMILES string of the molecule is Cc1nn(C)c(C)c1CN1CCN(C(=O)c2cnc(OC(C)C)c(Cl)c2)CC1. The molecule has 0 spiro atoms. The van der Waals surface area contributed by atoms with Gasteiger partial charge in [0.25, 0.3) is 5.91 Å². The van der Waals surface area contributed by atoms with Crippen molar-refractivity contribution in [1.82, 2.24) is 24.6 Å². The number of hydrogen-bond donors (Lipinski definition) is 0. The molecule has 0 radical (unpaired) electrons. The molecular weight excluding hydrogens is 378 g/mol. The lowest BCUT2D eigenvalue weighted by Gasteiger charge is -2.34. The summed E-state index contributed by atoms with van der Waals surface area (Å²) in [6.45, 7) is 11.8. The molecule has 7 nitrogen and oxygen atoms in total. The van der Waals surface area contributed by atoms with Crippen LogP contribution in [0.3, 0.4) is 0 Å². The molecule has 0 aromatic carbocycles. The monoisotopic (exact) mass is 405 g/mol. The number of hydrogen-bond acceptors (Lipinski definition) is 5. The van der Waals surface area contributed by atoms with Crippen LogP contribution in [0.15, 0.2) is 12.3 Å². The Morgan fingerprint density at radius 1 is 1.25 bits per heavy atom. The molecule has 152 valence electrons. The zero-order valence-corrected chi connectivity index (χ0v) is 18.0. The summed E-state index contributed by atoms with van der Waals surface area (Å²) < 4.78 is 7.46. The van der Waals surface area contributed by atoms with Crippen LogP contribution < -0.4 is 4.74 Å². The summed E-state index contributed by atoms with van der Waals surface area (Å²) in [5.74, 6) is 0.319. The smallest absolute Gasteiger partial charge is 0.255 e. The predicted octanol–water partition coefficient (Wildman–Crippen LogP) is 2.83. The quantitative estimate of drug-likeness (QED) is 0.765. The molecular formula is C20H28ClN5O2. The summed E-state index contributed by atoms with van der Waals surface area (Å²) in [7, 11) is 1.97. The van der Waals surface area contributed by atoms with Gasteiger partial charge in [0.05, 0.1) is 17.4 Å². The van der Waals surface area contributed by atoms with Gasteiger partial charge < -0.3 is 9.64 Å². The van der Waals surface area contributed by atoms with E-state index in [1.54, 1.807) is 12.3 Å². The number of rotatable bonds is 5. The van der Waals surface area contributed by atoms with Gasteiger partial charge in [-0.2, -0.15) is 5.10 Å². The van der Waals surface area contributed by atoms with Gasteiger partial charge in [0.1, 0.15) is 5.02 Å². The van der Waals surface area contributed by atoms with Gasteiger partial charge >= 0.3 is 0 Å². The molecule has 0 saturated carbocycles. The number of carbonyl (C=O) groups is 1. The molecule has 0 N–H and O–H groups in total. The third-order valence-corrected chi connectivity index (χ3v) is 5.37. The highest BCUT2D eigenvalue weighted by Crippen LogP contribution is 2.24. The van der Waals surface area contributed by atoms with Crippen LogP contribution in [0.25, 0.3) is 0 Å². The fourth-order valence-corrected chi connectivity index (χ4v) is 3.62. The molecule has 3 rings (SSSR count). The topological polar surface area (TPSA) is 63.5 Å². The molecule has 8 heteroatoms. The number of amides is 1. The van der Waals surface area contributed by atoms with Crippen LogP contribution in [0.4, 0.5) is 0 Å². The highest BCUT2D eigenvalue weighted by Gasteiger charge is 2.24. The summed E-state index contributed by atoms with van der Waals surface area (Å²) in [5.41, 5.74) is 4.04. The lowest BCUT2D eigenvalue weighted by Crippen LogP contribution is -2.48. The molecule has 28 heavy (non-hydrogen) atoms. The molecule has 0 aliphatic carbocycles. The minimum Gasteiger partial charge on any atom is -0.474 e. The summed E-state index contributed by atoms with van der Waals surface area (Å²) in [4.78, 5) is 21.2. The number of ether oxygens (including phenoxy) is 1. The first-order chi connectivity index (χ1) is 13.3. The van der Waals surface area contributed by atoms with E-state index in [2.05, 4.69) is 21.9 Å². The standard InChI is InChI=1S/C20H28ClN5O2/c1-13(2)28-19-18(21)10-16(11-22-19)20(27)26-8-6-25(7-9-26)12-17-14(3)23-24(5)15(17)4/h10-11,13H,6-9,12H2,1-5H3. The van der Waals surface area contributed by atoms with E-state index in [1.165, 1.54) is 11.3 Å². The van der Waals surface area contributed by atoms with Gasteiger partial charge in [0.15, 0.2) is 0 Å². The van der Waals surface area contributed by atoms with Crippen molar-refractivity contribution in [2.45, 2.75) is 40.3 Å². The number of piperazine rings is 1. The van der Waals surface area contributed by atoms with Gasteiger partial charge in [-0.05, 0) is 33.8 Å². The van der Waals surface area contributed by atoms with E-state index in [0.717, 1.165) is 25.3 Å². The molecule has 1 aliphatic rings. The number of nitrogens with zero attached hydrogens (tertiary/aromatic N) is 5. The summed E-state index contributed by atoms with van der Waals surface area (Å²) in [6, 6.07) is 1.64. The maximum atomic E-state index is 12.8. The molecule has 1 aliphatic heterocycles. The Balaban J connectivity index is 1.60. The predicted molar refractivity (Wildman–Crippen MR) is 109 cm³/mol. The first-order valence-corrected chi connectivity index (χ1v) is 9.97. The second-order valence-electron chi connectivity index (χ2n) is 7.52. The average molecular weight is 406 g/mol. The highest BCUT2D eigenvalue weighted by molar-refractivity contribution is 6.32. The Labute approximate surface area is 171 Å². The normalized spacial score (nSPS) is 15.3. The van der Waals surface area contributed by atoms with Crippen LogP contribution in [0.5, 0.6) is 5.88 Å². The maximum Gasteiger partial charge on any atom is 0.255 e. The Kier molecular flexibility index (Phi) is 6.25. The van der Waals surface area contributed by atoms with E-state index in [4.69, 9.17) is 16.3 Å². The van der Waals surface area contributed by atoms with Crippen molar-refractivity contribution in [2.24, 2.45) is 7.05 Å². The molecule has 2 aromatic heterocycles. The van der Waals surface area contributed by atoms with Gasteiger partial charge in [0.2, 0.25) is 5.88 Å². The summed E-state index contributed by atoms with van der Waals surface area (Å²) >= 11 is 6.23. The van der Waals surface area contributed by atoms with E-state index >= 15 is 0 Å². The fourth-order valence-electron chi connectivity index (χ4n) is 3.41.